The summed E-state index contributed by atoms with van der Waals surface area (Å²) in [7, 11) is 1.62. The Kier molecular flexibility index (Phi) is 7.95. The summed E-state index contributed by atoms with van der Waals surface area (Å²) in [5, 5.41) is 26.0. The maximum Gasteiger partial charge on any atom is 0.161 e. The minimum Gasteiger partial charge on any atom is -0.493 e. The van der Waals surface area contributed by atoms with Gasteiger partial charge in [-0.2, -0.15) is 5.10 Å². The minimum atomic E-state index is -1.35. The molecule has 1 saturated heterocycles. The number of aryl methyl sites for hydroxylation is 2. The van der Waals surface area contributed by atoms with Gasteiger partial charge < -0.3 is 24.4 Å². The second-order valence-corrected chi connectivity index (χ2v) is 9.33. The number of methoxy groups -OCH3 is 1. The molecule has 0 amide bonds. The van der Waals surface area contributed by atoms with Crippen molar-refractivity contribution in [3.05, 3.63) is 71.5 Å². The van der Waals surface area contributed by atoms with Crippen molar-refractivity contribution < 1.29 is 24.4 Å². The molecule has 35 heavy (non-hydrogen) atoms. The van der Waals surface area contributed by atoms with Crippen LogP contribution in [-0.2, 0) is 13.1 Å². The molecule has 8 heteroatoms. The lowest BCUT2D eigenvalue weighted by Gasteiger charge is -2.42. The number of aliphatic hydroxyl groups excluding tert-OH is 1. The number of β-amino-alcohol motifs (C(OH)–C–C–N with tert-alkyl or cyclic N) is 1. The number of nitrogens with zero attached hydrogens (tertiary/aromatic N) is 3. The fraction of sp³-hybridized carbons (Fsp3) is 0.444. The number of hydrogen-bond acceptors (Lipinski definition) is 7. The third-order valence-corrected chi connectivity index (χ3v) is 6.29. The highest BCUT2D eigenvalue weighted by Gasteiger charge is 2.42. The van der Waals surface area contributed by atoms with Gasteiger partial charge in [-0.05, 0) is 67.3 Å². The van der Waals surface area contributed by atoms with Crippen LogP contribution in [0.4, 0.5) is 0 Å². The van der Waals surface area contributed by atoms with E-state index in [1.807, 2.05) is 61.1 Å². The predicted molar refractivity (Wildman–Crippen MR) is 133 cm³/mol. The topological polar surface area (TPSA) is 89.2 Å². The van der Waals surface area contributed by atoms with Gasteiger partial charge >= 0.3 is 0 Å². The molecule has 0 unspecified atom stereocenters. The van der Waals surface area contributed by atoms with E-state index >= 15 is 0 Å². The first-order valence-electron chi connectivity index (χ1n) is 12.0. The SMILES string of the molecule is COc1cc(CN2CC[C@H](O)[C@@](O)(COc3cc(C)cc(C)c3)C2)ccc1OCCn1cccn1. The van der Waals surface area contributed by atoms with Crippen LogP contribution in [0.15, 0.2) is 54.9 Å². The van der Waals surface area contributed by atoms with Gasteiger partial charge in [0.2, 0.25) is 0 Å². The molecule has 0 radical (unpaired) electrons. The van der Waals surface area contributed by atoms with Crippen LogP contribution >= 0.6 is 0 Å². The number of ether oxygens (including phenoxy) is 3. The van der Waals surface area contributed by atoms with Crippen LogP contribution in [0.25, 0.3) is 0 Å². The van der Waals surface area contributed by atoms with E-state index in [-0.39, 0.29) is 6.61 Å². The van der Waals surface area contributed by atoms with Crippen LogP contribution in [0.5, 0.6) is 17.2 Å². The zero-order valence-corrected chi connectivity index (χ0v) is 20.7. The first kappa shape index (κ1) is 25.0. The maximum atomic E-state index is 11.2. The molecule has 2 atom stereocenters. The molecule has 1 aliphatic rings. The van der Waals surface area contributed by atoms with E-state index in [1.165, 1.54) is 0 Å². The molecule has 0 bridgehead atoms. The van der Waals surface area contributed by atoms with E-state index in [0.29, 0.717) is 56.5 Å². The molecule has 1 aromatic heterocycles. The number of aromatic nitrogens is 2. The third-order valence-electron chi connectivity index (χ3n) is 6.29. The van der Waals surface area contributed by atoms with E-state index in [0.717, 1.165) is 16.7 Å². The Hall–Kier alpha value is -3.07. The Balaban J connectivity index is 1.36. The summed E-state index contributed by atoms with van der Waals surface area (Å²) in [5.41, 5.74) is 1.88. The third kappa shape index (κ3) is 6.54. The highest BCUT2D eigenvalue weighted by molar-refractivity contribution is 5.43. The normalized spacial score (nSPS) is 20.5. The molecule has 2 N–H and O–H groups in total. The van der Waals surface area contributed by atoms with Crippen molar-refractivity contribution in [1.82, 2.24) is 14.7 Å². The molecule has 1 fully saturated rings. The number of benzene rings is 2. The molecule has 1 aliphatic heterocycles. The Morgan fingerprint density at radius 1 is 1.09 bits per heavy atom. The number of piperidine rings is 1. The van der Waals surface area contributed by atoms with Crippen molar-refractivity contribution in [2.45, 2.75) is 45.1 Å². The molecule has 2 aromatic carbocycles. The first-order chi connectivity index (χ1) is 16.8. The molecule has 8 nitrogen and oxygen atoms in total. The fourth-order valence-corrected chi connectivity index (χ4v) is 4.52. The van der Waals surface area contributed by atoms with E-state index in [1.54, 1.807) is 13.3 Å². The van der Waals surface area contributed by atoms with Gasteiger partial charge in [0.25, 0.3) is 0 Å². The zero-order valence-electron chi connectivity index (χ0n) is 20.7. The summed E-state index contributed by atoms with van der Waals surface area (Å²) < 4.78 is 19.2. The van der Waals surface area contributed by atoms with E-state index < -0.39 is 11.7 Å². The first-order valence-corrected chi connectivity index (χ1v) is 12.0. The van der Waals surface area contributed by atoms with Crippen LogP contribution in [0.3, 0.4) is 0 Å². The summed E-state index contributed by atoms with van der Waals surface area (Å²) in [4.78, 5) is 2.13. The number of hydrogen-bond donors (Lipinski definition) is 2. The Bertz CT molecular complexity index is 1080. The van der Waals surface area contributed by atoms with Crippen LogP contribution in [-0.4, -0.2) is 70.0 Å². The minimum absolute atomic E-state index is 0.0277. The van der Waals surface area contributed by atoms with Gasteiger partial charge in [0.15, 0.2) is 11.5 Å². The highest BCUT2D eigenvalue weighted by Crippen LogP contribution is 2.30. The monoisotopic (exact) mass is 481 g/mol. The molecular formula is C27H35N3O5. The molecule has 0 spiro atoms. The Labute approximate surface area is 206 Å². The molecule has 2 heterocycles. The average Bonchev–Trinajstić information content (AvgIpc) is 3.34. The van der Waals surface area contributed by atoms with Crippen molar-refractivity contribution in [3.8, 4) is 17.2 Å². The second-order valence-electron chi connectivity index (χ2n) is 9.33. The smallest absolute Gasteiger partial charge is 0.161 e. The van der Waals surface area contributed by atoms with E-state index in [4.69, 9.17) is 14.2 Å². The second kappa shape index (κ2) is 11.1. The van der Waals surface area contributed by atoms with Gasteiger partial charge in [0, 0.05) is 32.0 Å². The highest BCUT2D eigenvalue weighted by atomic mass is 16.5. The number of likely N-dealkylation sites (tertiary alicyclic amines) is 1. The lowest BCUT2D eigenvalue weighted by atomic mass is 9.90. The fourth-order valence-electron chi connectivity index (χ4n) is 4.52. The molecule has 4 rings (SSSR count). The largest absolute Gasteiger partial charge is 0.493 e. The van der Waals surface area contributed by atoms with E-state index in [2.05, 4.69) is 16.1 Å². The number of aliphatic hydroxyl groups is 2. The molecular weight excluding hydrogens is 446 g/mol. The quantitative estimate of drug-likeness (QED) is 0.460. The summed E-state index contributed by atoms with van der Waals surface area (Å²) >= 11 is 0. The summed E-state index contributed by atoms with van der Waals surface area (Å²) in [6.07, 6.45) is 3.27. The molecule has 3 aromatic rings. The van der Waals surface area contributed by atoms with Gasteiger partial charge in [-0.25, -0.2) is 0 Å². The van der Waals surface area contributed by atoms with Crippen LogP contribution in [0.2, 0.25) is 0 Å². The summed E-state index contributed by atoms with van der Waals surface area (Å²) in [6.45, 7) is 6.78. The van der Waals surface area contributed by atoms with Gasteiger partial charge in [0.1, 0.15) is 24.6 Å². The van der Waals surface area contributed by atoms with Crippen molar-refractivity contribution in [1.29, 1.82) is 0 Å². The zero-order chi connectivity index (χ0) is 24.8. The lowest BCUT2D eigenvalue weighted by Crippen LogP contribution is -2.59. The molecule has 188 valence electrons. The van der Waals surface area contributed by atoms with Crippen molar-refractivity contribution in [3.63, 3.8) is 0 Å². The van der Waals surface area contributed by atoms with Gasteiger partial charge in [0.05, 0.1) is 19.8 Å². The molecule has 0 saturated carbocycles. The number of rotatable bonds is 10. The lowest BCUT2D eigenvalue weighted by molar-refractivity contribution is -0.140. The Morgan fingerprint density at radius 2 is 1.89 bits per heavy atom. The van der Waals surface area contributed by atoms with Crippen LogP contribution < -0.4 is 14.2 Å². The predicted octanol–water partition coefficient (Wildman–Crippen LogP) is 2.96. The Morgan fingerprint density at radius 3 is 2.60 bits per heavy atom. The van der Waals surface area contributed by atoms with Crippen LogP contribution in [0, 0.1) is 13.8 Å². The van der Waals surface area contributed by atoms with E-state index in [9.17, 15) is 10.2 Å². The molecule has 0 aliphatic carbocycles. The van der Waals surface area contributed by atoms with Gasteiger partial charge in [-0.1, -0.05) is 12.1 Å². The summed E-state index contributed by atoms with van der Waals surface area (Å²) in [5.74, 6) is 2.04. The average molecular weight is 482 g/mol. The van der Waals surface area contributed by atoms with Crippen molar-refractivity contribution in [2.24, 2.45) is 0 Å². The van der Waals surface area contributed by atoms with Crippen LogP contribution in [0.1, 0.15) is 23.1 Å². The van der Waals surface area contributed by atoms with Crippen molar-refractivity contribution >= 4 is 0 Å². The van der Waals surface area contributed by atoms with Crippen molar-refractivity contribution in [2.75, 3.05) is 33.4 Å². The standard InChI is InChI=1S/C27H35N3O5/c1-20-13-21(2)15-23(14-20)35-19-27(32)18-29(10-7-26(27)31)17-22-5-6-24(25(16-22)33-3)34-12-11-30-9-4-8-28-30/h4-6,8-9,13-16,26,31-32H,7,10-12,17-19H2,1-3H3/t26-,27-/m0/s1. The van der Waals surface area contributed by atoms with Gasteiger partial charge in [-0.3, -0.25) is 9.58 Å². The summed E-state index contributed by atoms with van der Waals surface area (Å²) in [6, 6.07) is 13.7. The maximum absolute atomic E-state index is 11.2. The van der Waals surface area contributed by atoms with Gasteiger partial charge in [-0.15, -0.1) is 0 Å².